The molecule has 0 amide bonds. The third-order valence-electron chi connectivity index (χ3n) is 8.00. The van der Waals surface area contributed by atoms with Gasteiger partial charge in [0.2, 0.25) is 0 Å². The molecule has 0 spiro atoms. The van der Waals surface area contributed by atoms with Crippen LogP contribution in [0.25, 0.3) is 11.1 Å². The fourth-order valence-electron chi connectivity index (χ4n) is 6.32. The van der Waals surface area contributed by atoms with Crippen LogP contribution in [0.5, 0.6) is 0 Å². The van der Waals surface area contributed by atoms with Gasteiger partial charge in [-0.25, -0.2) is 0 Å². The van der Waals surface area contributed by atoms with Gasteiger partial charge in [-0.05, 0) is 0 Å². The van der Waals surface area contributed by atoms with Crippen molar-refractivity contribution in [3.63, 3.8) is 0 Å². The van der Waals surface area contributed by atoms with E-state index in [1.165, 1.54) is 28.8 Å². The van der Waals surface area contributed by atoms with Gasteiger partial charge in [0.05, 0.1) is 0 Å². The second kappa shape index (κ2) is 11.6. The van der Waals surface area contributed by atoms with E-state index in [1.807, 2.05) is 24.8 Å². The molecular weight excluding hydrogens is 603 g/mol. The van der Waals surface area contributed by atoms with Gasteiger partial charge in [-0.1, -0.05) is 0 Å². The molecule has 2 aromatic heterocycles. The van der Waals surface area contributed by atoms with E-state index in [0.29, 0.717) is 0 Å². The molecule has 0 atom stereocenters. The summed E-state index contributed by atoms with van der Waals surface area (Å²) in [6.45, 7) is 2.35. The Morgan fingerprint density at radius 1 is 0.526 bits per heavy atom. The van der Waals surface area contributed by atoms with Crippen molar-refractivity contribution < 1.29 is 17.4 Å². The van der Waals surface area contributed by atoms with Gasteiger partial charge in [0.1, 0.15) is 0 Å². The van der Waals surface area contributed by atoms with Crippen LogP contribution >= 0.6 is 24.8 Å². The number of nitrogens with zero attached hydrogens (tertiary/aromatic N) is 2. The molecule has 0 saturated carbocycles. The maximum atomic E-state index is 4.31. The summed E-state index contributed by atoms with van der Waals surface area (Å²) in [6.07, 6.45) is 19.1. The average Bonchev–Trinajstić information content (AvgIpc) is 3.66. The summed E-state index contributed by atoms with van der Waals surface area (Å²) in [5.74, 6) is 0. The molecule has 2 aromatic carbocycles. The van der Waals surface area contributed by atoms with Gasteiger partial charge in [-0.15, -0.1) is 24.8 Å². The molecule has 0 bridgehead atoms. The van der Waals surface area contributed by atoms with Crippen LogP contribution < -0.4 is 6.54 Å². The standard InChI is InChI=1S/2C10H8N.2C6H5.2ClH.H2Si.Zr/c2*1-2-4-9(3-1)10-5-7-11-8-6-10;2*1-2-4-6-5-3-1;;;;/h2*1,3,5-8H,2H2;2*1-5H;2*1H;1H2;. The number of hydrogen-bond acceptors (Lipinski definition) is 2. The molecule has 0 radical (unpaired) electrons. The zero-order valence-electron chi connectivity index (χ0n) is 21.0. The molecule has 190 valence electrons. The van der Waals surface area contributed by atoms with Crippen LogP contribution in [0.1, 0.15) is 24.0 Å². The van der Waals surface area contributed by atoms with Crippen molar-refractivity contribution in [1.29, 1.82) is 0 Å². The second-order valence-electron chi connectivity index (χ2n) is 9.66. The normalized spacial score (nSPS) is 14.9. The van der Waals surface area contributed by atoms with Gasteiger partial charge < -0.3 is 0 Å². The molecule has 0 saturated heterocycles. The first-order valence-electron chi connectivity index (χ1n) is 12.5. The number of halogens is 2. The third-order valence-corrected chi connectivity index (χ3v) is 34.7. The Kier molecular flexibility index (Phi) is 8.69. The first-order chi connectivity index (χ1) is 17.7. The van der Waals surface area contributed by atoms with E-state index in [2.05, 4.69) is 126 Å². The summed E-state index contributed by atoms with van der Waals surface area (Å²) in [5.41, 5.74) is 5.26. The van der Waals surface area contributed by atoms with E-state index in [9.17, 15) is 0 Å². The number of hydrogen-bond donors (Lipinski definition) is 0. The van der Waals surface area contributed by atoms with Gasteiger partial charge in [0, 0.05) is 0 Å². The van der Waals surface area contributed by atoms with Crippen LogP contribution in [-0.4, -0.2) is 16.8 Å². The van der Waals surface area contributed by atoms with Crippen LogP contribution in [0.3, 0.4) is 0 Å². The van der Waals surface area contributed by atoms with Gasteiger partial charge in [-0.2, -0.15) is 0 Å². The monoisotopic (exact) mass is 630 g/mol. The predicted octanol–water partition coefficient (Wildman–Crippen LogP) is 6.25. The fraction of sp³-hybridized carbons (Fsp3) is 0.0625. The van der Waals surface area contributed by atoms with Crippen molar-refractivity contribution in [2.75, 3.05) is 0 Å². The summed E-state index contributed by atoms with van der Waals surface area (Å²) in [5, 5.41) is 0. The molecule has 4 aromatic rings. The summed E-state index contributed by atoms with van der Waals surface area (Å²) in [4.78, 5) is 8.63. The van der Waals surface area contributed by atoms with E-state index in [-0.39, 0.29) is 24.8 Å². The van der Waals surface area contributed by atoms with Crippen molar-refractivity contribution in [2.24, 2.45) is 0 Å². The van der Waals surface area contributed by atoms with Crippen molar-refractivity contribution >= 4 is 49.4 Å². The molecular formula is C32H30Cl2N2SiZr. The molecule has 2 aliphatic carbocycles. The van der Waals surface area contributed by atoms with Crippen LogP contribution in [0.2, 0.25) is 0 Å². The number of pyridine rings is 2. The quantitative estimate of drug-likeness (QED) is 0.235. The van der Waals surface area contributed by atoms with Gasteiger partial charge in [-0.3, -0.25) is 0 Å². The van der Waals surface area contributed by atoms with Crippen LogP contribution in [0.15, 0.2) is 141 Å². The number of benzene rings is 2. The van der Waals surface area contributed by atoms with Crippen molar-refractivity contribution in [3.8, 4) is 0 Å². The third kappa shape index (κ3) is 4.38. The van der Waals surface area contributed by atoms with Crippen LogP contribution in [0, 0.1) is 0 Å². The first kappa shape index (κ1) is 28.4. The van der Waals surface area contributed by atoms with Crippen molar-refractivity contribution in [1.82, 2.24) is 9.97 Å². The van der Waals surface area contributed by atoms with E-state index < -0.39 is 17.4 Å². The predicted molar refractivity (Wildman–Crippen MR) is 165 cm³/mol. The molecule has 6 heteroatoms. The van der Waals surface area contributed by atoms with E-state index in [1.54, 1.807) is 6.56 Å². The molecule has 2 nitrogen and oxygen atoms in total. The minimum absolute atomic E-state index is 0. The number of allylic oxidation sites excluding steroid dienone is 8. The Hall–Kier alpha value is -2.62. The van der Waals surface area contributed by atoms with Gasteiger partial charge in [0.15, 0.2) is 0 Å². The van der Waals surface area contributed by atoms with Crippen molar-refractivity contribution in [2.45, 2.75) is 12.8 Å². The topological polar surface area (TPSA) is 25.8 Å². The Morgan fingerprint density at radius 3 is 1.26 bits per heavy atom. The molecule has 0 N–H and O–H groups in total. The zero-order chi connectivity index (χ0) is 24.5. The molecule has 0 fully saturated rings. The van der Waals surface area contributed by atoms with E-state index in [4.69, 9.17) is 0 Å². The maximum absolute atomic E-state index is 4.40. The number of aromatic nitrogens is 2. The Labute approximate surface area is 239 Å². The molecule has 38 heavy (non-hydrogen) atoms. The minimum atomic E-state index is -4.40. The molecule has 6 rings (SSSR count). The molecule has 0 aliphatic heterocycles. The van der Waals surface area contributed by atoms with Gasteiger partial charge >= 0.3 is 216 Å². The van der Waals surface area contributed by atoms with E-state index >= 15 is 0 Å². The van der Waals surface area contributed by atoms with Gasteiger partial charge in [0.25, 0.3) is 0 Å². The Bertz CT molecular complexity index is 1490. The molecule has 0 unspecified atom stereocenters. The molecule has 2 heterocycles. The Morgan fingerprint density at radius 2 is 0.895 bits per heavy atom. The number of rotatable bonds is 6. The molecule has 2 aliphatic rings. The summed E-state index contributed by atoms with van der Waals surface area (Å²) < 4.78 is 6.23. The summed E-state index contributed by atoms with van der Waals surface area (Å²) >= 11 is -4.40. The Balaban J connectivity index is 0.00000168. The summed E-state index contributed by atoms with van der Waals surface area (Å²) in [6, 6.07) is 31.4. The van der Waals surface area contributed by atoms with E-state index in [0.717, 1.165) is 12.8 Å². The van der Waals surface area contributed by atoms with Crippen LogP contribution in [-0.2, 0) is 17.4 Å². The first-order valence-corrected chi connectivity index (χ1v) is 23.3. The second-order valence-corrected chi connectivity index (χ2v) is 31.0. The summed E-state index contributed by atoms with van der Waals surface area (Å²) in [7, 11) is 0. The SMILES string of the molecule is Cl.Cl.[SiH2]=[Zr]([C]1=C(c2ccncc2)C=CC1)([C]1=C(c2ccncc2)C=CC1)([c]1ccccc1)[c]1ccccc1. The van der Waals surface area contributed by atoms with Crippen molar-refractivity contribution in [3.05, 3.63) is 152 Å². The van der Waals surface area contributed by atoms with Crippen LogP contribution in [0.4, 0.5) is 0 Å². The fourth-order valence-corrected chi connectivity index (χ4v) is 29.6. The zero-order valence-corrected chi connectivity index (χ0v) is 26.5. The average molecular weight is 633 g/mol.